The van der Waals surface area contributed by atoms with Crippen LogP contribution >= 0.6 is 0 Å². The van der Waals surface area contributed by atoms with E-state index in [1.807, 2.05) is 39.0 Å². The zero-order valence-corrected chi connectivity index (χ0v) is 11.4. The Kier molecular flexibility index (Phi) is 9.65. The Morgan fingerprint density at radius 2 is 1.72 bits per heavy atom. The molecule has 0 saturated heterocycles. The van der Waals surface area contributed by atoms with Crippen LogP contribution in [0.25, 0.3) is 0 Å². The molecular weight excluding hydrogens is 227 g/mol. The molecule has 0 unspecified atom stereocenters. The van der Waals surface area contributed by atoms with Crippen molar-refractivity contribution < 1.29 is 14.2 Å². The Labute approximate surface area is 110 Å². The summed E-state index contributed by atoms with van der Waals surface area (Å²) in [5.74, 6) is -0.0892. The Hall–Kier alpha value is -1.58. The molecule has 0 fully saturated rings. The van der Waals surface area contributed by atoms with Crippen molar-refractivity contribution >= 4 is 19.2 Å². The fourth-order valence-electron chi connectivity index (χ4n) is 1.26. The zero-order valence-electron chi connectivity index (χ0n) is 11.4. The van der Waals surface area contributed by atoms with Gasteiger partial charge in [0.2, 0.25) is 0 Å². The van der Waals surface area contributed by atoms with Crippen LogP contribution in [-0.2, 0) is 9.45 Å². The summed E-state index contributed by atoms with van der Waals surface area (Å²) in [6.45, 7) is 5.99. The lowest BCUT2D eigenvalue weighted by atomic mass is 9.62. The minimum Gasteiger partial charge on any atom is -0.536 e. The minimum absolute atomic E-state index is 0.0892. The number of hydrogen-bond acceptors (Lipinski definition) is 3. The summed E-state index contributed by atoms with van der Waals surface area (Å²) in [7, 11) is 0. The molecule has 0 aliphatic carbocycles. The molecule has 18 heavy (non-hydrogen) atoms. The molecule has 98 valence electrons. The first kappa shape index (κ1) is 16.4. The summed E-state index contributed by atoms with van der Waals surface area (Å²) < 4.78 is 5.06. The van der Waals surface area contributed by atoms with Crippen LogP contribution in [0.1, 0.15) is 37.6 Å². The van der Waals surface area contributed by atoms with Gasteiger partial charge in [0.1, 0.15) is 6.29 Å². The summed E-state index contributed by atoms with van der Waals surface area (Å²) in [6, 6.07) is 9.10. The van der Waals surface area contributed by atoms with Crippen molar-refractivity contribution in [1.29, 1.82) is 0 Å². The Morgan fingerprint density at radius 1 is 1.17 bits per heavy atom. The molecule has 0 aliphatic heterocycles. The lowest BCUT2D eigenvalue weighted by molar-refractivity contribution is -0.134. The highest BCUT2D eigenvalue weighted by Crippen LogP contribution is 2.01. The number of hydrogen-bond donors (Lipinski definition) is 0. The summed E-state index contributed by atoms with van der Waals surface area (Å²) in [4.78, 5) is 20.7. The van der Waals surface area contributed by atoms with Gasteiger partial charge in [0.05, 0.1) is 0 Å². The van der Waals surface area contributed by atoms with E-state index in [1.54, 1.807) is 12.1 Å². The van der Waals surface area contributed by atoms with Gasteiger partial charge in [-0.1, -0.05) is 51.1 Å². The average molecular weight is 248 g/mol. The normalized spacial score (nSPS) is 8.83. The van der Waals surface area contributed by atoms with Crippen LogP contribution in [0.3, 0.4) is 0 Å². The summed E-state index contributed by atoms with van der Waals surface area (Å²) in [6.07, 6.45) is 3.15. The van der Waals surface area contributed by atoms with Crippen molar-refractivity contribution in [2.75, 3.05) is 0 Å². The highest BCUT2D eigenvalue weighted by atomic mass is 16.5. The molecule has 4 heteroatoms. The van der Waals surface area contributed by atoms with Gasteiger partial charge >= 0.3 is 6.92 Å². The van der Waals surface area contributed by atoms with Crippen molar-refractivity contribution in [2.45, 2.75) is 39.8 Å². The minimum atomic E-state index is -0.0892. The smallest absolute Gasteiger partial charge is 0.361 e. The predicted molar refractivity (Wildman–Crippen MR) is 74.9 cm³/mol. The van der Waals surface area contributed by atoms with Crippen molar-refractivity contribution in [2.24, 2.45) is 0 Å². The maximum atomic E-state index is 10.7. The average Bonchev–Trinajstić information content (AvgIpc) is 2.45. The van der Waals surface area contributed by atoms with E-state index in [-0.39, 0.29) is 12.9 Å². The van der Waals surface area contributed by atoms with Crippen LogP contribution in [0, 0.1) is 0 Å². The summed E-state index contributed by atoms with van der Waals surface area (Å²) >= 11 is 0. The second-order valence-electron chi connectivity index (χ2n) is 3.81. The second kappa shape index (κ2) is 10.6. The SMILES string of the molecule is CCB(CC)OC(=O)CC.O=Cc1ccccc1. The van der Waals surface area contributed by atoms with E-state index in [2.05, 4.69) is 0 Å². The van der Waals surface area contributed by atoms with E-state index in [9.17, 15) is 9.59 Å². The van der Waals surface area contributed by atoms with Crippen LogP contribution < -0.4 is 0 Å². The van der Waals surface area contributed by atoms with Gasteiger partial charge in [-0.15, -0.1) is 0 Å². The van der Waals surface area contributed by atoms with Gasteiger partial charge in [-0.05, 0) is 12.6 Å². The molecule has 0 aromatic heterocycles. The van der Waals surface area contributed by atoms with Gasteiger partial charge in [0, 0.05) is 12.0 Å². The first-order valence-corrected chi connectivity index (χ1v) is 6.37. The fraction of sp³-hybridized carbons (Fsp3) is 0.429. The van der Waals surface area contributed by atoms with Gasteiger partial charge in [-0.3, -0.25) is 9.59 Å². The van der Waals surface area contributed by atoms with Crippen LogP contribution in [0.4, 0.5) is 0 Å². The van der Waals surface area contributed by atoms with E-state index >= 15 is 0 Å². The molecular formula is C14H21BO3. The van der Waals surface area contributed by atoms with E-state index < -0.39 is 0 Å². The third kappa shape index (κ3) is 7.66. The van der Waals surface area contributed by atoms with Crippen LogP contribution in [0.15, 0.2) is 30.3 Å². The molecule has 3 nitrogen and oxygen atoms in total. The lowest BCUT2D eigenvalue weighted by Crippen LogP contribution is -2.19. The van der Waals surface area contributed by atoms with Crippen LogP contribution in [0.5, 0.6) is 0 Å². The van der Waals surface area contributed by atoms with Crippen molar-refractivity contribution in [3.63, 3.8) is 0 Å². The van der Waals surface area contributed by atoms with E-state index in [4.69, 9.17) is 4.65 Å². The summed E-state index contributed by atoms with van der Waals surface area (Å²) in [5.41, 5.74) is 0.729. The van der Waals surface area contributed by atoms with Crippen molar-refractivity contribution in [3.8, 4) is 0 Å². The highest BCUT2D eigenvalue weighted by molar-refractivity contribution is 6.53. The van der Waals surface area contributed by atoms with Crippen LogP contribution in [0.2, 0.25) is 12.6 Å². The molecule has 0 saturated carbocycles. The molecule has 0 aliphatic rings. The van der Waals surface area contributed by atoms with E-state index in [1.165, 1.54) is 0 Å². The third-order valence-corrected chi connectivity index (χ3v) is 2.43. The number of aldehydes is 1. The standard InChI is InChI=1S/C7H15BO2.C7H6O/c1-4-7(9)10-8(5-2)6-3;8-6-7-4-2-1-3-5-7/h4-6H2,1-3H3;1-6H. The molecule has 0 bridgehead atoms. The van der Waals surface area contributed by atoms with Gasteiger partial charge in [-0.25, -0.2) is 0 Å². The molecule has 0 amide bonds. The molecule has 0 spiro atoms. The summed E-state index contributed by atoms with van der Waals surface area (Å²) in [5, 5.41) is 0. The lowest BCUT2D eigenvalue weighted by Gasteiger charge is -2.08. The third-order valence-electron chi connectivity index (χ3n) is 2.43. The number of carbonyl (C=O) groups is 2. The monoisotopic (exact) mass is 248 g/mol. The number of rotatable bonds is 5. The van der Waals surface area contributed by atoms with Gasteiger partial charge < -0.3 is 4.65 Å². The first-order valence-electron chi connectivity index (χ1n) is 6.37. The Balaban J connectivity index is 0.000000327. The molecule has 0 heterocycles. The largest absolute Gasteiger partial charge is 0.536 e. The van der Waals surface area contributed by atoms with Crippen molar-refractivity contribution in [3.05, 3.63) is 35.9 Å². The Morgan fingerprint density at radius 3 is 2.06 bits per heavy atom. The maximum Gasteiger partial charge on any atom is 0.361 e. The quantitative estimate of drug-likeness (QED) is 0.591. The molecule has 1 aromatic rings. The van der Waals surface area contributed by atoms with Crippen LogP contribution in [-0.4, -0.2) is 19.2 Å². The number of carbonyl (C=O) groups excluding carboxylic acids is 2. The molecule has 0 atom stereocenters. The molecule has 0 radical (unpaired) electrons. The van der Waals surface area contributed by atoms with Gasteiger partial charge in [0.25, 0.3) is 5.97 Å². The molecule has 0 N–H and O–H groups in total. The first-order chi connectivity index (χ1) is 8.67. The van der Waals surface area contributed by atoms with E-state index in [0.29, 0.717) is 6.42 Å². The molecule has 1 rings (SSSR count). The molecule has 1 aromatic carbocycles. The second-order valence-corrected chi connectivity index (χ2v) is 3.81. The predicted octanol–water partition coefficient (Wildman–Crippen LogP) is 3.47. The van der Waals surface area contributed by atoms with Crippen molar-refractivity contribution in [1.82, 2.24) is 0 Å². The zero-order chi connectivity index (χ0) is 13.8. The maximum absolute atomic E-state index is 10.7. The van der Waals surface area contributed by atoms with E-state index in [0.717, 1.165) is 24.5 Å². The van der Waals surface area contributed by atoms with Gasteiger partial charge in [-0.2, -0.15) is 0 Å². The van der Waals surface area contributed by atoms with Gasteiger partial charge in [0.15, 0.2) is 0 Å². The fourth-order valence-corrected chi connectivity index (χ4v) is 1.26. The Bertz CT molecular complexity index is 334. The highest BCUT2D eigenvalue weighted by Gasteiger charge is 2.13. The topological polar surface area (TPSA) is 43.4 Å². The number of benzene rings is 1.